The molecule has 0 saturated heterocycles. The first-order chi connectivity index (χ1) is 9.11. The fraction of sp³-hybridized carbons (Fsp3) is 0.250. The van der Waals surface area contributed by atoms with Crippen molar-refractivity contribution >= 4 is 0 Å². The predicted molar refractivity (Wildman–Crippen MR) is 73.1 cm³/mol. The topological polar surface area (TPSA) is 12.0 Å². The van der Waals surface area contributed by atoms with Gasteiger partial charge in [0.1, 0.15) is 11.6 Å². The molecule has 0 spiro atoms. The molecule has 100 valence electrons. The van der Waals surface area contributed by atoms with Crippen molar-refractivity contribution in [2.75, 3.05) is 6.54 Å². The van der Waals surface area contributed by atoms with E-state index in [0.29, 0.717) is 5.56 Å². The summed E-state index contributed by atoms with van der Waals surface area (Å²) in [6, 6.07) is 11.4. The Morgan fingerprint density at radius 1 is 1.00 bits per heavy atom. The number of nitrogens with one attached hydrogen (secondary N) is 1. The van der Waals surface area contributed by atoms with Crippen LogP contribution in [0.15, 0.2) is 42.5 Å². The zero-order chi connectivity index (χ0) is 13.8. The second kappa shape index (κ2) is 5.93. The summed E-state index contributed by atoms with van der Waals surface area (Å²) in [5.74, 6) is -0.465. The van der Waals surface area contributed by atoms with Gasteiger partial charge in [-0.25, -0.2) is 8.78 Å². The van der Waals surface area contributed by atoms with E-state index in [4.69, 9.17) is 0 Å². The summed E-state index contributed by atoms with van der Waals surface area (Å²) in [7, 11) is 0. The predicted octanol–water partition coefficient (Wildman–Crippen LogP) is 3.97. The van der Waals surface area contributed by atoms with E-state index < -0.39 is 0 Å². The van der Waals surface area contributed by atoms with Crippen LogP contribution in [0, 0.1) is 18.6 Å². The van der Waals surface area contributed by atoms with Crippen LogP contribution in [0.1, 0.15) is 29.7 Å². The van der Waals surface area contributed by atoms with Crippen LogP contribution in [0.3, 0.4) is 0 Å². The number of hydrogen-bond acceptors (Lipinski definition) is 1. The summed E-state index contributed by atoms with van der Waals surface area (Å²) in [5, 5.41) is 3.34. The quantitative estimate of drug-likeness (QED) is 0.878. The molecular weight excluding hydrogens is 244 g/mol. The van der Waals surface area contributed by atoms with Crippen LogP contribution >= 0.6 is 0 Å². The molecule has 1 N–H and O–H groups in total. The summed E-state index contributed by atoms with van der Waals surface area (Å²) in [5.41, 5.74) is 2.56. The van der Waals surface area contributed by atoms with Crippen molar-refractivity contribution in [3.63, 3.8) is 0 Å². The Morgan fingerprint density at radius 2 is 1.63 bits per heavy atom. The van der Waals surface area contributed by atoms with Crippen LogP contribution in [0.2, 0.25) is 0 Å². The second-order valence-electron chi connectivity index (χ2n) is 4.55. The number of benzene rings is 2. The monoisotopic (exact) mass is 261 g/mol. The molecule has 0 heterocycles. The maximum absolute atomic E-state index is 13.3. The highest BCUT2D eigenvalue weighted by Crippen LogP contribution is 2.24. The van der Waals surface area contributed by atoms with Crippen LogP contribution in [0.4, 0.5) is 8.78 Å². The molecule has 1 nitrogen and oxygen atoms in total. The van der Waals surface area contributed by atoms with Crippen LogP contribution in [0.5, 0.6) is 0 Å². The van der Waals surface area contributed by atoms with E-state index in [1.54, 1.807) is 25.1 Å². The highest BCUT2D eigenvalue weighted by atomic mass is 19.1. The summed E-state index contributed by atoms with van der Waals surface area (Å²) in [6.07, 6.45) is 0. The van der Waals surface area contributed by atoms with Gasteiger partial charge in [0.05, 0.1) is 6.04 Å². The third-order valence-corrected chi connectivity index (χ3v) is 3.13. The molecule has 0 radical (unpaired) electrons. The zero-order valence-corrected chi connectivity index (χ0v) is 11.1. The van der Waals surface area contributed by atoms with E-state index in [0.717, 1.165) is 17.7 Å². The normalized spacial score (nSPS) is 12.4. The molecule has 0 aromatic heterocycles. The van der Waals surface area contributed by atoms with Gasteiger partial charge in [-0.2, -0.15) is 0 Å². The molecule has 19 heavy (non-hydrogen) atoms. The van der Waals surface area contributed by atoms with Gasteiger partial charge >= 0.3 is 0 Å². The van der Waals surface area contributed by atoms with Gasteiger partial charge in [-0.1, -0.05) is 31.2 Å². The van der Waals surface area contributed by atoms with E-state index in [2.05, 4.69) is 5.32 Å². The van der Waals surface area contributed by atoms with Gasteiger partial charge in [0.2, 0.25) is 0 Å². The third-order valence-electron chi connectivity index (χ3n) is 3.13. The maximum atomic E-state index is 13.3. The van der Waals surface area contributed by atoms with Gasteiger partial charge in [0.15, 0.2) is 0 Å². The molecule has 2 aromatic carbocycles. The van der Waals surface area contributed by atoms with Crippen molar-refractivity contribution < 1.29 is 8.78 Å². The number of halogens is 2. The first kappa shape index (κ1) is 13.7. The van der Waals surface area contributed by atoms with Gasteiger partial charge in [-0.3, -0.25) is 0 Å². The summed E-state index contributed by atoms with van der Waals surface area (Å²) in [4.78, 5) is 0. The molecule has 0 saturated carbocycles. The molecule has 0 fully saturated rings. The highest BCUT2D eigenvalue weighted by molar-refractivity contribution is 5.34. The largest absolute Gasteiger partial charge is 0.307 e. The SMILES string of the molecule is CCNC(c1ccc(F)cc1)c1ccc(F)c(C)c1. The average molecular weight is 261 g/mol. The van der Waals surface area contributed by atoms with Crippen LogP contribution in [0.25, 0.3) is 0 Å². The smallest absolute Gasteiger partial charge is 0.126 e. The van der Waals surface area contributed by atoms with E-state index >= 15 is 0 Å². The second-order valence-corrected chi connectivity index (χ2v) is 4.55. The lowest BCUT2D eigenvalue weighted by Gasteiger charge is -2.19. The Morgan fingerprint density at radius 3 is 2.21 bits per heavy atom. The van der Waals surface area contributed by atoms with E-state index in [-0.39, 0.29) is 17.7 Å². The van der Waals surface area contributed by atoms with Gasteiger partial charge < -0.3 is 5.32 Å². The summed E-state index contributed by atoms with van der Waals surface area (Å²) < 4.78 is 26.3. The van der Waals surface area contributed by atoms with Gasteiger partial charge in [0.25, 0.3) is 0 Å². The van der Waals surface area contributed by atoms with Gasteiger partial charge in [0, 0.05) is 0 Å². The average Bonchev–Trinajstić information content (AvgIpc) is 2.41. The molecule has 2 aromatic rings. The molecule has 3 heteroatoms. The third kappa shape index (κ3) is 3.18. The molecule has 1 atom stereocenters. The van der Waals surface area contributed by atoms with E-state index in [9.17, 15) is 8.78 Å². The standard InChI is InChI=1S/C16H17F2N/c1-3-19-16(12-4-7-14(17)8-5-12)13-6-9-15(18)11(2)10-13/h4-10,16,19H,3H2,1-2H3. The highest BCUT2D eigenvalue weighted by Gasteiger charge is 2.14. The Balaban J connectivity index is 2.38. The van der Waals surface area contributed by atoms with Gasteiger partial charge in [-0.15, -0.1) is 0 Å². The molecule has 0 aliphatic heterocycles. The molecule has 0 amide bonds. The summed E-state index contributed by atoms with van der Waals surface area (Å²) in [6.45, 7) is 4.53. The Bertz CT molecular complexity index is 549. The first-order valence-electron chi connectivity index (χ1n) is 6.36. The molecule has 0 bridgehead atoms. The summed E-state index contributed by atoms with van der Waals surface area (Å²) >= 11 is 0. The minimum Gasteiger partial charge on any atom is -0.307 e. The minimum atomic E-state index is -0.255. The van der Waals surface area contributed by atoms with E-state index in [1.165, 1.54) is 18.2 Å². The van der Waals surface area contributed by atoms with Crippen LogP contribution < -0.4 is 5.32 Å². The molecule has 0 aliphatic rings. The molecule has 2 rings (SSSR count). The van der Waals surface area contributed by atoms with Crippen LogP contribution in [-0.2, 0) is 0 Å². The first-order valence-corrected chi connectivity index (χ1v) is 6.36. The Labute approximate surface area is 112 Å². The minimum absolute atomic E-state index is 0.0510. The fourth-order valence-electron chi connectivity index (χ4n) is 2.13. The van der Waals surface area contributed by atoms with Crippen LogP contribution in [-0.4, -0.2) is 6.54 Å². The lowest BCUT2D eigenvalue weighted by molar-refractivity contribution is 0.603. The zero-order valence-electron chi connectivity index (χ0n) is 11.1. The van der Waals surface area contributed by atoms with Crippen molar-refractivity contribution in [2.24, 2.45) is 0 Å². The van der Waals surface area contributed by atoms with Crippen molar-refractivity contribution in [1.82, 2.24) is 5.32 Å². The molecule has 0 aliphatic carbocycles. The molecule has 1 unspecified atom stereocenters. The molecular formula is C16H17F2N. The fourth-order valence-corrected chi connectivity index (χ4v) is 2.13. The lowest BCUT2D eigenvalue weighted by atomic mass is 9.97. The Kier molecular flexibility index (Phi) is 4.27. The lowest BCUT2D eigenvalue weighted by Crippen LogP contribution is -2.22. The maximum Gasteiger partial charge on any atom is 0.126 e. The number of hydrogen-bond donors (Lipinski definition) is 1. The number of rotatable bonds is 4. The van der Waals surface area contributed by atoms with Crippen molar-refractivity contribution in [2.45, 2.75) is 19.9 Å². The van der Waals surface area contributed by atoms with Gasteiger partial charge in [-0.05, 0) is 48.4 Å². The van der Waals surface area contributed by atoms with E-state index in [1.807, 2.05) is 13.0 Å². The van der Waals surface area contributed by atoms with Crippen molar-refractivity contribution in [3.05, 3.63) is 70.8 Å². The van der Waals surface area contributed by atoms with Crippen molar-refractivity contribution in [1.29, 1.82) is 0 Å². The number of aryl methyl sites for hydroxylation is 1. The Hall–Kier alpha value is -1.74. The van der Waals surface area contributed by atoms with Crippen molar-refractivity contribution in [3.8, 4) is 0 Å².